The summed E-state index contributed by atoms with van der Waals surface area (Å²) < 4.78 is 10.6. The Hall–Kier alpha value is -4.33. The Balaban J connectivity index is 2.35. The lowest BCUT2D eigenvalue weighted by molar-refractivity contribution is -0.132. The zero-order valence-electron chi connectivity index (χ0n) is 17.4. The molecule has 8 nitrogen and oxygen atoms in total. The van der Waals surface area contributed by atoms with Gasteiger partial charge in [0.05, 0.1) is 24.7 Å². The molecule has 0 aliphatic rings. The average Bonchev–Trinajstić information content (AvgIpc) is 2.72. The van der Waals surface area contributed by atoms with Gasteiger partial charge in [0, 0.05) is 17.1 Å². The number of hydrogen-bond acceptors (Lipinski definition) is 5. The molecule has 0 saturated carbocycles. The molecule has 32 heavy (non-hydrogen) atoms. The highest BCUT2D eigenvalue weighted by Gasteiger charge is 2.24. The van der Waals surface area contributed by atoms with Gasteiger partial charge in [-0.1, -0.05) is 32.0 Å². The van der Waals surface area contributed by atoms with Gasteiger partial charge in [-0.15, -0.1) is 0 Å². The van der Waals surface area contributed by atoms with E-state index in [1.807, 2.05) is 32.0 Å². The number of carboxylic acids is 3. The number of benzene rings is 2. The topological polar surface area (TPSA) is 130 Å². The van der Waals surface area contributed by atoms with E-state index in [-0.39, 0.29) is 0 Å². The standard InChI is InChI=1S/C24H22O8/c1-24(2,17-4-7-19(8-5-17)31-13-11-22(27)28)18-6-9-20(32-14-12-23(29)30)16(15-18)3-10-21(25)26/h3-15H,1-2H3,(H,25,26)(H,27,28)(H,29,30). The van der Waals surface area contributed by atoms with Gasteiger partial charge >= 0.3 is 17.9 Å². The number of carbonyl (C=O) groups is 3. The van der Waals surface area contributed by atoms with Crippen molar-refractivity contribution in [1.82, 2.24) is 0 Å². The molecule has 0 heterocycles. The lowest BCUT2D eigenvalue weighted by Crippen LogP contribution is -2.19. The Kier molecular flexibility index (Phi) is 7.95. The van der Waals surface area contributed by atoms with Crippen molar-refractivity contribution in [3.05, 3.63) is 89.9 Å². The first kappa shape index (κ1) is 23.9. The molecule has 0 aliphatic carbocycles. The zero-order valence-corrected chi connectivity index (χ0v) is 17.4. The Labute approximate surface area is 184 Å². The summed E-state index contributed by atoms with van der Waals surface area (Å²) in [6.07, 6.45) is 6.16. The first-order valence-corrected chi connectivity index (χ1v) is 9.38. The normalized spacial score (nSPS) is 11.8. The molecule has 166 valence electrons. The van der Waals surface area contributed by atoms with Gasteiger partial charge in [-0.25, -0.2) is 14.4 Å². The van der Waals surface area contributed by atoms with Crippen molar-refractivity contribution >= 4 is 24.0 Å². The number of carboxylic acid groups (broad SMARTS) is 3. The second-order valence-electron chi connectivity index (χ2n) is 7.09. The third-order valence-electron chi connectivity index (χ3n) is 4.53. The number of ether oxygens (including phenoxy) is 2. The molecule has 0 atom stereocenters. The molecule has 0 fully saturated rings. The molecular formula is C24H22O8. The predicted molar refractivity (Wildman–Crippen MR) is 116 cm³/mol. The van der Waals surface area contributed by atoms with Crippen molar-refractivity contribution in [3.63, 3.8) is 0 Å². The van der Waals surface area contributed by atoms with Crippen LogP contribution in [0.5, 0.6) is 11.5 Å². The van der Waals surface area contributed by atoms with Crippen LogP contribution in [-0.4, -0.2) is 33.2 Å². The molecule has 2 aromatic carbocycles. The molecule has 0 radical (unpaired) electrons. The second kappa shape index (κ2) is 10.6. The minimum absolute atomic E-state index is 0.300. The lowest BCUT2D eigenvalue weighted by atomic mass is 9.77. The van der Waals surface area contributed by atoms with Crippen molar-refractivity contribution in [2.45, 2.75) is 19.3 Å². The predicted octanol–water partition coefficient (Wildman–Crippen LogP) is 4.06. The van der Waals surface area contributed by atoms with Crippen molar-refractivity contribution < 1.29 is 39.2 Å². The quantitative estimate of drug-likeness (QED) is 0.374. The van der Waals surface area contributed by atoms with Crippen molar-refractivity contribution in [1.29, 1.82) is 0 Å². The largest absolute Gasteiger partial charge is 0.478 e. The van der Waals surface area contributed by atoms with E-state index in [9.17, 15) is 14.4 Å². The van der Waals surface area contributed by atoms with Crippen molar-refractivity contribution in [3.8, 4) is 11.5 Å². The number of hydrogen-bond donors (Lipinski definition) is 3. The molecule has 3 N–H and O–H groups in total. The molecule has 0 amide bonds. The molecule has 2 aromatic rings. The van der Waals surface area contributed by atoms with Gasteiger partial charge in [0.2, 0.25) is 0 Å². The maximum Gasteiger partial charge on any atom is 0.331 e. The summed E-state index contributed by atoms with van der Waals surface area (Å²) in [5.41, 5.74) is 1.76. The third-order valence-corrected chi connectivity index (χ3v) is 4.53. The highest BCUT2D eigenvalue weighted by atomic mass is 16.5. The van der Waals surface area contributed by atoms with Crippen LogP contribution in [0.2, 0.25) is 0 Å². The van der Waals surface area contributed by atoms with Gasteiger partial charge in [-0.05, 0) is 41.5 Å². The smallest absolute Gasteiger partial charge is 0.331 e. The van der Waals surface area contributed by atoms with Crippen LogP contribution in [0, 0.1) is 0 Å². The highest BCUT2D eigenvalue weighted by Crippen LogP contribution is 2.35. The second-order valence-corrected chi connectivity index (χ2v) is 7.09. The molecule has 2 rings (SSSR count). The van der Waals surface area contributed by atoms with E-state index in [2.05, 4.69) is 0 Å². The van der Waals surface area contributed by atoms with E-state index in [0.29, 0.717) is 17.1 Å². The summed E-state index contributed by atoms with van der Waals surface area (Å²) >= 11 is 0. The molecule has 0 saturated heterocycles. The van der Waals surface area contributed by atoms with Crippen molar-refractivity contribution in [2.24, 2.45) is 0 Å². The van der Waals surface area contributed by atoms with Gasteiger partial charge in [0.15, 0.2) is 0 Å². The maximum absolute atomic E-state index is 11.0. The monoisotopic (exact) mass is 438 g/mol. The summed E-state index contributed by atoms with van der Waals surface area (Å²) in [6.45, 7) is 3.97. The summed E-state index contributed by atoms with van der Waals surface area (Å²) in [5, 5.41) is 26.3. The molecule has 0 aliphatic heterocycles. The van der Waals surface area contributed by atoms with Crippen LogP contribution in [0.15, 0.2) is 73.2 Å². The van der Waals surface area contributed by atoms with E-state index >= 15 is 0 Å². The molecule has 0 aromatic heterocycles. The zero-order chi connectivity index (χ0) is 23.7. The van der Waals surface area contributed by atoms with E-state index in [4.69, 9.17) is 24.8 Å². The third kappa shape index (κ3) is 6.88. The minimum Gasteiger partial charge on any atom is -0.478 e. The first-order chi connectivity index (χ1) is 15.1. The summed E-state index contributed by atoms with van der Waals surface area (Å²) in [5.74, 6) is -2.64. The van der Waals surface area contributed by atoms with Gasteiger partial charge in [-0.2, -0.15) is 0 Å². The Morgan fingerprint density at radius 1 is 0.750 bits per heavy atom. The Morgan fingerprint density at radius 3 is 1.84 bits per heavy atom. The molecule has 8 heteroatoms. The number of rotatable bonds is 10. The van der Waals surface area contributed by atoms with Crippen LogP contribution in [0.1, 0.15) is 30.5 Å². The van der Waals surface area contributed by atoms with E-state index in [1.54, 1.807) is 24.3 Å². The van der Waals surface area contributed by atoms with Crippen LogP contribution in [0.4, 0.5) is 0 Å². The van der Waals surface area contributed by atoms with Crippen LogP contribution in [0.25, 0.3) is 6.08 Å². The molecule has 0 unspecified atom stereocenters. The fourth-order valence-corrected chi connectivity index (χ4v) is 2.79. The van der Waals surface area contributed by atoms with Gasteiger partial charge in [-0.3, -0.25) is 0 Å². The van der Waals surface area contributed by atoms with E-state index < -0.39 is 23.3 Å². The highest BCUT2D eigenvalue weighted by molar-refractivity contribution is 5.86. The summed E-state index contributed by atoms with van der Waals surface area (Å²) in [7, 11) is 0. The maximum atomic E-state index is 11.0. The van der Waals surface area contributed by atoms with Crippen LogP contribution in [-0.2, 0) is 19.8 Å². The van der Waals surface area contributed by atoms with Gasteiger partial charge in [0.1, 0.15) is 11.5 Å². The fraction of sp³-hybridized carbons (Fsp3) is 0.125. The van der Waals surface area contributed by atoms with Crippen molar-refractivity contribution in [2.75, 3.05) is 0 Å². The molecule has 0 spiro atoms. The van der Waals surface area contributed by atoms with Gasteiger partial charge in [0.25, 0.3) is 0 Å². The minimum atomic E-state index is -1.17. The summed E-state index contributed by atoms with van der Waals surface area (Å²) in [4.78, 5) is 32.1. The molecule has 0 bridgehead atoms. The average molecular weight is 438 g/mol. The van der Waals surface area contributed by atoms with Crippen LogP contribution in [0.3, 0.4) is 0 Å². The Bertz CT molecular complexity index is 1080. The Morgan fingerprint density at radius 2 is 1.28 bits per heavy atom. The van der Waals surface area contributed by atoms with E-state index in [0.717, 1.165) is 41.9 Å². The number of aliphatic carboxylic acids is 3. The van der Waals surface area contributed by atoms with Crippen LogP contribution >= 0.6 is 0 Å². The molecular weight excluding hydrogens is 416 g/mol. The van der Waals surface area contributed by atoms with E-state index in [1.165, 1.54) is 6.08 Å². The summed E-state index contributed by atoms with van der Waals surface area (Å²) in [6, 6.07) is 12.3. The van der Waals surface area contributed by atoms with Crippen LogP contribution < -0.4 is 9.47 Å². The lowest BCUT2D eigenvalue weighted by Gasteiger charge is -2.27. The fourth-order valence-electron chi connectivity index (χ4n) is 2.79. The first-order valence-electron chi connectivity index (χ1n) is 9.38. The van der Waals surface area contributed by atoms with Gasteiger partial charge < -0.3 is 24.8 Å². The SMILES string of the molecule is CC(C)(c1ccc(OC=CC(=O)O)cc1)c1ccc(OC=CC(=O)O)c(C=CC(=O)O)c1.